The molecule has 1 fully saturated rings. The number of amides is 1. The molecule has 1 aromatic heterocycles. The van der Waals surface area contributed by atoms with Crippen LogP contribution in [0.3, 0.4) is 0 Å². The molecule has 0 bridgehead atoms. The largest absolute Gasteiger partial charge is 0.333 e. The van der Waals surface area contributed by atoms with Crippen LogP contribution in [-0.4, -0.2) is 46.7 Å². The van der Waals surface area contributed by atoms with Crippen molar-refractivity contribution in [1.82, 2.24) is 20.4 Å². The van der Waals surface area contributed by atoms with Crippen LogP contribution < -0.4 is 5.32 Å². The predicted molar refractivity (Wildman–Crippen MR) is 61.4 cm³/mol. The normalized spacial score (nSPS) is 21.2. The van der Waals surface area contributed by atoms with E-state index in [0.717, 1.165) is 36.6 Å². The zero-order valence-corrected chi connectivity index (χ0v) is 10.0. The van der Waals surface area contributed by atoms with Gasteiger partial charge in [0.15, 0.2) is 0 Å². The summed E-state index contributed by atoms with van der Waals surface area (Å²) in [6, 6.07) is 0.245. The van der Waals surface area contributed by atoms with Gasteiger partial charge in [-0.25, -0.2) is 0 Å². The molecule has 0 radical (unpaired) electrons. The minimum atomic E-state index is 0.0951. The van der Waals surface area contributed by atoms with Crippen LogP contribution in [0.5, 0.6) is 0 Å². The number of hydrogen-bond acceptors (Lipinski definition) is 3. The Hall–Kier alpha value is -1.36. The fourth-order valence-corrected chi connectivity index (χ4v) is 2.15. The lowest BCUT2D eigenvalue weighted by Gasteiger charge is -2.34. The lowest BCUT2D eigenvalue weighted by Crippen LogP contribution is -2.52. The molecule has 5 nitrogen and oxygen atoms in total. The Balaban J connectivity index is 2.24. The van der Waals surface area contributed by atoms with Gasteiger partial charge < -0.3 is 10.2 Å². The molecule has 1 saturated heterocycles. The van der Waals surface area contributed by atoms with E-state index in [2.05, 4.69) is 22.4 Å². The fourth-order valence-electron chi connectivity index (χ4n) is 2.15. The number of aromatic amines is 1. The summed E-state index contributed by atoms with van der Waals surface area (Å²) in [7, 11) is 0. The highest BCUT2D eigenvalue weighted by Gasteiger charge is 2.27. The van der Waals surface area contributed by atoms with Crippen LogP contribution in [0.25, 0.3) is 0 Å². The highest BCUT2D eigenvalue weighted by molar-refractivity contribution is 5.96. The molecule has 2 heterocycles. The van der Waals surface area contributed by atoms with Crippen molar-refractivity contribution < 1.29 is 4.79 Å². The molecule has 2 N–H and O–H groups in total. The summed E-state index contributed by atoms with van der Waals surface area (Å²) in [5.41, 5.74) is 2.37. The summed E-state index contributed by atoms with van der Waals surface area (Å²) in [5, 5.41) is 10.2. The third-order valence-electron chi connectivity index (χ3n) is 3.10. The standard InChI is InChI=1S/C11H18N4O/c1-7-6-12-4-5-15(7)11(16)10-8(2)13-14-9(10)3/h7,12H,4-6H2,1-3H3,(H,13,14). The monoisotopic (exact) mass is 222 g/mol. The molecule has 1 unspecified atom stereocenters. The molecule has 88 valence electrons. The SMILES string of the molecule is Cc1n[nH]c(C)c1C(=O)N1CCNCC1C. The van der Waals surface area contributed by atoms with Gasteiger partial charge in [-0.3, -0.25) is 9.89 Å². The van der Waals surface area contributed by atoms with E-state index in [-0.39, 0.29) is 11.9 Å². The van der Waals surface area contributed by atoms with Crippen LogP contribution in [0.4, 0.5) is 0 Å². The molecule has 1 aliphatic rings. The Morgan fingerprint density at radius 2 is 2.25 bits per heavy atom. The predicted octanol–water partition coefficient (Wildman–Crippen LogP) is 0.460. The number of carbonyl (C=O) groups excluding carboxylic acids is 1. The van der Waals surface area contributed by atoms with Gasteiger partial charge in [0.05, 0.1) is 11.3 Å². The molecule has 1 aliphatic heterocycles. The topological polar surface area (TPSA) is 61.0 Å². The highest BCUT2D eigenvalue weighted by Crippen LogP contribution is 2.15. The molecule has 2 rings (SSSR count). The van der Waals surface area contributed by atoms with E-state index in [1.165, 1.54) is 0 Å². The molecule has 5 heteroatoms. The average Bonchev–Trinajstić information content (AvgIpc) is 2.58. The van der Waals surface area contributed by atoms with Gasteiger partial charge in [-0.05, 0) is 20.8 Å². The average molecular weight is 222 g/mol. The van der Waals surface area contributed by atoms with Crippen LogP contribution in [0.15, 0.2) is 0 Å². The second-order valence-corrected chi connectivity index (χ2v) is 4.36. The number of rotatable bonds is 1. The maximum Gasteiger partial charge on any atom is 0.257 e. The fraction of sp³-hybridized carbons (Fsp3) is 0.636. The van der Waals surface area contributed by atoms with E-state index < -0.39 is 0 Å². The Labute approximate surface area is 95.2 Å². The number of aromatic nitrogens is 2. The summed E-state index contributed by atoms with van der Waals surface area (Å²) < 4.78 is 0. The quantitative estimate of drug-likeness (QED) is 0.725. The Morgan fingerprint density at radius 3 is 2.81 bits per heavy atom. The molecular weight excluding hydrogens is 204 g/mol. The summed E-state index contributed by atoms with van der Waals surface area (Å²) in [6.45, 7) is 8.32. The first kappa shape index (κ1) is 11.1. The van der Waals surface area contributed by atoms with Gasteiger partial charge in [-0.2, -0.15) is 5.10 Å². The Morgan fingerprint density at radius 1 is 1.50 bits per heavy atom. The molecule has 1 amide bonds. The first-order valence-corrected chi connectivity index (χ1v) is 5.64. The number of nitrogens with zero attached hydrogens (tertiary/aromatic N) is 2. The number of piperazine rings is 1. The lowest BCUT2D eigenvalue weighted by atomic mass is 10.1. The third-order valence-corrected chi connectivity index (χ3v) is 3.10. The zero-order chi connectivity index (χ0) is 11.7. The maximum absolute atomic E-state index is 12.4. The number of hydrogen-bond donors (Lipinski definition) is 2. The second kappa shape index (κ2) is 4.25. The van der Waals surface area contributed by atoms with Crippen LogP contribution in [-0.2, 0) is 0 Å². The van der Waals surface area contributed by atoms with Crippen molar-refractivity contribution in [3.05, 3.63) is 17.0 Å². The van der Waals surface area contributed by atoms with E-state index in [0.29, 0.717) is 0 Å². The van der Waals surface area contributed by atoms with Gasteiger partial charge in [0.1, 0.15) is 0 Å². The van der Waals surface area contributed by atoms with Crippen molar-refractivity contribution in [2.75, 3.05) is 19.6 Å². The van der Waals surface area contributed by atoms with Gasteiger partial charge in [0, 0.05) is 31.4 Å². The van der Waals surface area contributed by atoms with Crippen molar-refractivity contribution in [3.8, 4) is 0 Å². The zero-order valence-electron chi connectivity index (χ0n) is 10.0. The first-order valence-electron chi connectivity index (χ1n) is 5.64. The van der Waals surface area contributed by atoms with Gasteiger partial charge in [0.25, 0.3) is 5.91 Å². The molecule has 0 saturated carbocycles. The first-order chi connectivity index (χ1) is 7.61. The van der Waals surface area contributed by atoms with Crippen molar-refractivity contribution in [2.45, 2.75) is 26.8 Å². The number of nitrogens with one attached hydrogen (secondary N) is 2. The van der Waals surface area contributed by atoms with E-state index in [9.17, 15) is 4.79 Å². The second-order valence-electron chi connectivity index (χ2n) is 4.36. The Bertz CT molecular complexity index is 379. The summed E-state index contributed by atoms with van der Waals surface area (Å²) in [6.07, 6.45) is 0. The lowest BCUT2D eigenvalue weighted by molar-refractivity contribution is 0.0654. The third kappa shape index (κ3) is 1.82. The summed E-state index contributed by atoms with van der Waals surface area (Å²) in [5.74, 6) is 0.0951. The van der Waals surface area contributed by atoms with Crippen LogP contribution >= 0.6 is 0 Å². The molecule has 0 spiro atoms. The number of aryl methyl sites for hydroxylation is 2. The number of carbonyl (C=O) groups is 1. The van der Waals surface area contributed by atoms with Crippen molar-refractivity contribution in [3.63, 3.8) is 0 Å². The summed E-state index contributed by atoms with van der Waals surface area (Å²) >= 11 is 0. The molecule has 0 aromatic carbocycles. The number of H-pyrrole nitrogens is 1. The molecular formula is C11H18N4O. The minimum Gasteiger partial charge on any atom is -0.333 e. The maximum atomic E-state index is 12.4. The van der Waals surface area contributed by atoms with E-state index in [1.54, 1.807) is 0 Å². The molecule has 0 aliphatic carbocycles. The van der Waals surface area contributed by atoms with Crippen LogP contribution in [0.1, 0.15) is 28.7 Å². The molecule has 16 heavy (non-hydrogen) atoms. The van der Waals surface area contributed by atoms with E-state index >= 15 is 0 Å². The molecule has 1 atom stereocenters. The molecule has 1 aromatic rings. The van der Waals surface area contributed by atoms with E-state index in [1.807, 2.05) is 18.7 Å². The van der Waals surface area contributed by atoms with Crippen molar-refractivity contribution in [2.24, 2.45) is 0 Å². The van der Waals surface area contributed by atoms with Crippen molar-refractivity contribution >= 4 is 5.91 Å². The van der Waals surface area contributed by atoms with Gasteiger partial charge in [0.2, 0.25) is 0 Å². The van der Waals surface area contributed by atoms with Crippen LogP contribution in [0.2, 0.25) is 0 Å². The van der Waals surface area contributed by atoms with Gasteiger partial charge in [-0.15, -0.1) is 0 Å². The minimum absolute atomic E-state index is 0.0951. The van der Waals surface area contributed by atoms with Crippen LogP contribution in [0, 0.1) is 13.8 Å². The van der Waals surface area contributed by atoms with E-state index in [4.69, 9.17) is 0 Å². The van der Waals surface area contributed by atoms with Gasteiger partial charge in [-0.1, -0.05) is 0 Å². The van der Waals surface area contributed by atoms with Gasteiger partial charge >= 0.3 is 0 Å². The highest BCUT2D eigenvalue weighted by atomic mass is 16.2. The van der Waals surface area contributed by atoms with Crippen molar-refractivity contribution in [1.29, 1.82) is 0 Å². The summed E-state index contributed by atoms with van der Waals surface area (Å²) in [4.78, 5) is 14.3. The Kier molecular flexibility index (Phi) is 2.96. The smallest absolute Gasteiger partial charge is 0.257 e.